The number of carbonyl (C=O) groups is 3. The van der Waals surface area contributed by atoms with E-state index in [9.17, 15) is 24.3 Å². The summed E-state index contributed by atoms with van der Waals surface area (Å²) in [6, 6.07) is 9.27. The van der Waals surface area contributed by atoms with E-state index >= 15 is 0 Å². The summed E-state index contributed by atoms with van der Waals surface area (Å²) >= 11 is 6.06. The number of hydrogen-bond donors (Lipinski definition) is 1. The van der Waals surface area contributed by atoms with E-state index in [-0.39, 0.29) is 29.6 Å². The van der Waals surface area contributed by atoms with Crippen LogP contribution in [0.15, 0.2) is 47.4 Å². The van der Waals surface area contributed by atoms with E-state index in [2.05, 4.69) is 0 Å². The number of aromatic nitrogens is 1. The largest absolute Gasteiger partial charge is 0.395 e. The van der Waals surface area contributed by atoms with Crippen LogP contribution in [0.3, 0.4) is 0 Å². The number of halogens is 1. The summed E-state index contributed by atoms with van der Waals surface area (Å²) in [5.74, 6) is -3.53. The minimum absolute atomic E-state index is 0.0211. The van der Waals surface area contributed by atoms with E-state index in [1.807, 2.05) is 0 Å². The lowest BCUT2D eigenvalue weighted by Gasteiger charge is -2.28. The lowest BCUT2D eigenvalue weighted by Crippen LogP contribution is -2.33. The van der Waals surface area contributed by atoms with Gasteiger partial charge in [-0.05, 0) is 11.6 Å². The molecule has 0 saturated carbocycles. The Morgan fingerprint density at radius 2 is 1.83 bits per heavy atom. The van der Waals surface area contributed by atoms with E-state index in [1.54, 1.807) is 44.2 Å². The smallest absolute Gasteiger partial charge is 0.295 e. The fourth-order valence-corrected chi connectivity index (χ4v) is 3.79. The van der Waals surface area contributed by atoms with Crippen molar-refractivity contribution in [1.29, 1.82) is 0 Å². The van der Waals surface area contributed by atoms with Crippen LogP contribution in [0.4, 0.5) is 5.69 Å². The second kappa shape index (κ2) is 8.31. The number of Topliss-reactive ketones (excluding diaryl/α,β-unsaturated/α-hetero) is 2. The van der Waals surface area contributed by atoms with Crippen LogP contribution in [-0.4, -0.2) is 33.8 Å². The number of benzene rings is 1. The summed E-state index contributed by atoms with van der Waals surface area (Å²) in [5, 5.41) is 9.06. The van der Waals surface area contributed by atoms with Crippen molar-refractivity contribution >= 4 is 34.8 Å². The molecule has 2 atom stereocenters. The molecule has 3 rings (SSSR count). The quantitative estimate of drug-likeness (QED) is 0.573. The molecule has 29 heavy (non-hydrogen) atoms. The average Bonchev–Trinajstić information content (AvgIpc) is 2.96. The molecule has 1 aliphatic rings. The zero-order valence-electron chi connectivity index (χ0n) is 16.0. The Morgan fingerprint density at radius 1 is 1.17 bits per heavy atom. The van der Waals surface area contributed by atoms with Crippen LogP contribution in [0.25, 0.3) is 0 Å². The first-order chi connectivity index (χ1) is 13.8. The summed E-state index contributed by atoms with van der Waals surface area (Å²) in [6.45, 7) is 3.04. The monoisotopic (exact) mass is 416 g/mol. The Morgan fingerprint density at radius 3 is 2.41 bits per heavy atom. The molecule has 0 aliphatic carbocycles. The molecule has 1 fully saturated rings. The number of ketones is 2. The maximum Gasteiger partial charge on any atom is 0.295 e. The molecule has 152 valence electrons. The minimum atomic E-state index is -1.15. The Labute approximate surface area is 172 Å². The summed E-state index contributed by atoms with van der Waals surface area (Å²) in [4.78, 5) is 52.0. The van der Waals surface area contributed by atoms with Crippen molar-refractivity contribution in [3.63, 3.8) is 0 Å². The first-order valence-electron chi connectivity index (χ1n) is 9.24. The van der Waals surface area contributed by atoms with Crippen LogP contribution in [-0.2, 0) is 20.9 Å². The highest BCUT2D eigenvalue weighted by Gasteiger charge is 2.52. The van der Waals surface area contributed by atoms with Gasteiger partial charge in [0.2, 0.25) is 5.78 Å². The van der Waals surface area contributed by atoms with Crippen molar-refractivity contribution in [3.05, 3.63) is 63.5 Å². The fourth-order valence-electron chi connectivity index (χ4n) is 3.57. The molecule has 7 nitrogen and oxygen atoms in total. The molecular weight excluding hydrogens is 396 g/mol. The third-order valence-corrected chi connectivity index (χ3v) is 5.24. The molecule has 1 saturated heterocycles. The molecule has 1 N–H and O–H groups in total. The van der Waals surface area contributed by atoms with Gasteiger partial charge in [0.15, 0.2) is 0 Å². The van der Waals surface area contributed by atoms with Crippen LogP contribution in [0.1, 0.15) is 25.5 Å². The molecule has 1 aromatic carbocycles. The van der Waals surface area contributed by atoms with Crippen molar-refractivity contribution in [2.24, 2.45) is 11.8 Å². The molecule has 0 spiro atoms. The van der Waals surface area contributed by atoms with Gasteiger partial charge in [-0.3, -0.25) is 24.1 Å². The number of aliphatic hydroxyl groups excluding tert-OH is 1. The normalized spacial score (nSPS) is 19.3. The highest BCUT2D eigenvalue weighted by Crippen LogP contribution is 2.41. The van der Waals surface area contributed by atoms with Gasteiger partial charge in [0.25, 0.3) is 11.5 Å². The second-order valence-corrected chi connectivity index (χ2v) is 7.61. The van der Waals surface area contributed by atoms with Crippen molar-refractivity contribution in [3.8, 4) is 0 Å². The summed E-state index contributed by atoms with van der Waals surface area (Å²) < 4.78 is 1.18. The first kappa shape index (κ1) is 21.0. The molecule has 2 heterocycles. The topological polar surface area (TPSA) is 96.7 Å². The molecule has 1 aromatic heterocycles. The van der Waals surface area contributed by atoms with Crippen LogP contribution < -0.4 is 10.5 Å². The van der Waals surface area contributed by atoms with Gasteiger partial charge in [0.1, 0.15) is 16.7 Å². The second-order valence-electron chi connectivity index (χ2n) is 7.20. The lowest BCUT2D eigenvalue weighted by atomic mass is 9.85. The van der Waals surface area contributed by atoms with Gasteiger partial charge in [0, 0.05) is 18.7 Å². The van der Waals surface area contributed by atoms with Gasteiger partial charge in [-0.2, -0.15) is 0 Å². The number of nitrogens with zero attached hydrogens (tertiary/aromatic N) is 2. The van der Waals surface area contributed by atoms with E-state index in [1.165, 1.54) is 21.7 Å². The lowest BCUT2D eigenvalue weighted by molar-refractivity contribution is -0.139. The van der Waals surface area contributed by atoms with Gasteiger partial charge in [-0.25, -0.2) is 0 Å². The van der Waals surface area contributed by atoms with Gasteiger partial charge in [-0.15, -0.1) is 0 Å². The van der Waals surface area contributed by atoms with Gasteiger partial charge < -0.3 is 9.67 Å². The molecule has 2 aromatic rings. The Kier molecular flexibility index (Phi) is 6.00. The Hall–Kier alpha value is -2.77. The zero-order chi connectivity index (χ0) is 21.3. The van der Waals surface area contributed by atoms with E-state index in [0.717, 1.165) is 0 Å². The molecule has 1 aliphatic heterocycles. The van der Waals surface area contributed by atoms with Crippen molar-refractivity contribution < 1.29 is 19.5 Å². The first-order valence-corrected chi connectivity index (χ1v) is 9.62. The average molecular weight is 417 g/mol. The predicted octanol–water partition coefficient (Wildman–Crippen LogP) is 1.99. The molecule has 0 radical (unpaired) electrons. The van der Waals surface area contributed by atoms with E-state index in [4.69, 9.17) is 11.6 Å². The van der Waals surface area contributed by atoms with E-state index in [0.29, 0.717) is 5.56 Å². The number of carbonyl (C=O) groups excluding carboxylic acids is 3. The number of amides is 1. The predicted molar refractivity (Wildman–Crippen MR) is 108 cm³/mol. The number of pyridine rings is 1. The third kappa shape index (κ3) is 3.75. The van der Waals surface area contributed by atoms with Gasteiger partial charge in [-0.1, -0.05) is 55.8 Å². The molecule has 0 bridgehead atoms. The standard InChI is InChI=1S/C21H21ClN2O5/c1-12(2)18(26)16-17(13-6-4-3-5-7-13)24(21(29)19(16)27)14-10-15(22)20(28)23(11-14)8-9-25/h3-7,10-12,16-17,25H,8-9H2,1-2H3. The number of rotatable bonds is 6. The summed E-state index contributed by atoms with van der Waals surface area (Å²) in [6.07, 6.45) is 1.37. The number of aliphatic hydroxyl groups is 1. The Balaban J connectivity index is 2.21. The summed E-state index contributed by atoms with van der Waals surface area (Å²) in [7, 11) is 0. The molecule has 1 amide bonds. The third-order valence-electron chi connectivity index (χ3n) is 4.97. The molecular formula is C21H21ClN2O5. The molecule has 8 heteroatoms. The minimum Gasteiger partial charge on any atom is -0.395 e. The van der Waals surface area contributed by atoms with Crippen LogP contribution in [0, 0.1) is 11.8 Å². The number of anilines is 1. The number of hydrogen-bond acceptors (Lipinski definition) is 5. The van der Waals surface area contributed by atoms with Crippen LogP contribution in [0.2, 0.25) is 5.02 Å². The maximum atomic E-state index is 12.9. The highest BCUT2D eigenvalue weighted by molar-refractivity contribution is 6.48. The Bertz CT molecular complexity index is 1020. The van der Waals surface area contributed by atoms with Crippen molar-refractivity contribution in [2.45, 2.75) is 26.4 Å². The zero-order valence-corrected chi connectivity index (χ0v) is 16.8. The van der Waals surface area contributed by atoms with Gasteiger partial charge in [0.05, 0.1) is 18.3 Å². The van der Waals surface area contributed by atoms with E-state index < -0.39 is 35.1 Å². The SMILES string of the molecule is CC(C)C(=O)C1C(=O)C(=O)N(c2cc(Cl)c(=O)n(CCO)c2)C1c1ccccc1. The molecule has 2 unspecified atom stereocenters. The highest BCUT2D eigenvalue weighted by atomic mass is 35.5. The summed E-state index contributed by atoms with van der Waals surface area (Å²) in [5.41, 5.74) is 0.324. The fraction of sp³-hybridized carbons (Fsp3) is 0.333. The van der Waals surface area contributed by atoms with Crippen LogP contribution >= 0.6 is 11.6 Å². The van der Waals surface area contributed by atoms with Gasteiger partial charge >= 0.3 is 0 Å². The van der Waals surface area contributed by atoms with Crippen LogP contribution in [0.5, 0.6) is 0 Å². The van der Waals surface area contributed by atoms with Crippen molar-refractivity contribution in [1.82, 2.24) is 4.57 Å². The maximum absolute atomic E-state index is 12.9. The van der Waals surface area contributed by atoms with Crippen molar-refractivity contribution in [2.75, 3.05) is 11.5 Å².